The van der Waals surface area contributed by atoms with E-state index < -0.39 is 0 Å². The minimum Gasteiger partial charge on any atom is -0.496 e. The second-order valence-corrected chi connectivity index (χ2v) is 5.45. The molecule has 80 valence electrons. The fraction of sp³-hybridized carbons (Fsp3) is 0.231. The summed E-state index contributed by atoms with van der Waals surface area (Å²) in [7, 11) is 1.47. The molecule has 0 atom stereocenters. The van der Waals surface area contributed by atoms with Crippen molar-refractivity contribution in [1.29, 1.82) is 0 Å². The van der Waals surface area contributed by atoms with Crippen LogP contribution in [-0.4, -0.2) is 19.4 Å². The van der Waals surface area contributed by atoms with E-state index >= 15 is 0 Å². The third kappa shape index (κ3) is 3.21. The van der Waals surface area contributed by atoms with Gasteiger partial charge >= 0.3 is 0 Å². The number of methoxy groups -OCH3 is 1. The van der Waals surface area contributed by atoms with Gasteiger partial charge in [0.05, 0.1) is 7.11 Å². The zero-order valence-electron chi connectivity index (χ0n) is 9.15. The lowest BCUT2D eigenvalue weighted by Crippen LogP contribution is -2.08. The first kappa shape index (κ1) is 12.0. The van der Waals surface area contributed by atoms with E-state index in [1.165, 1.54) is 5.30 Å². The van der Waals surface area contributed by atoms with Gasteiger partial charge in [-0.25, -0.2) is 0 Å². The minimum atomic E-state index is -0.244. The van der Waals surface area contributed by atoms with E-state index in [9.17, 15) is 0 Å². The van der Waals surface area contributed by atoms with Crippen molar-refractivity contribution in [2.45, 2.75) is 0 Å². The molecule has 0 saturated carbocycles. The van der Waals surface area contributed by atoms with Crippen molar-refractivity contribution in [1.82, 2.24) is 0 Å². The molecule has 0 spiro atoms. The van der Waals surface area contributed by atoms with Crippen LogP contribution in [0.3, 0.4) is 0 Å². The molecule has 0 aromatic heterocycles. The molecule has 1 nitrogen and oxygen atoms in total. The average Bonchev–Trinajstić information content (AvgIpc) is 2.29. The summed E-state index contributed by atoms with van der Waals surface area (Å²) >= 11 is 0. The number of hydrogen-bond donors (Lipinski definition) is 0. The number of rotatable bonds is 6. The van der Waals surface area contributed by atoms with Crippen molar-refractivity contribution in [3.05, 3.63) is 49.6 Å². The predicted octanol–water partition coefficient (Wildman–Crippen LogP) is 3.17. The van der Waals surface area contributed by atoms with E-state index in [0.717, 1.165) is 18.1 Å². The van der Waals surface area contributed by atoms with Gasteiger partial charge in [-0.15, -0.1) is 13.2 Å². The first-order valence-electron chi connectivity index (χ1n) is 4.93. The van der Waals surface area contributed by atoms with Gasteiger partial charge in [0.15, 0.2) is 0 Å². The molecule has 0 fully saturated rings. The SMILES string of the molecule is C=CCP(CC=C)c1ccccc1OC. The van der Waals surface area contributed by atoms with Crippen LogP contribution >= 0.6 is 7.92 Å². The fourth-order valence-corrected chi connectivity index (χ4v) is 3.41. The monoisotopic (exact) mass is 220 g/mol. The molecule has 0 unspecified atom stereocenters. The van der Waals surface area contributed by atoms with Crippen molar-refractivity contribution in [3.63, 3.8) is 0 Å². The summed E-state index contributed by atoms with van der Waals surface area (Å²) in [6.45, 7) is 7.61. The van der Waals surface area contributed by atoms with Gasteiger partial charge in [-0.3, -0.25) is 0 Å². The molecule has 0 aliphatic carbocycles. The lowest BCUT2D eigenvalue weighted by atomic mass is 10.3. The van der Waals surface area contributed by atoms with E-state index in [4.69, 9.17) is 4.74 Å². The number of hydrogen-bond acceptors (Lipinski definition) is 1. The van der Waals surface area contributed by atoms with Crippen LogP contribution in [-0.2, 0) is 0 Å². The molecule has 15 heavy (non-hydrogen) atoms. The second kappa shape index (κ2) is 6.42. The molecule has 1 rings (SSSR count). The average molecular weight is 220 g/mol. The molecular formula is C13H17OP. The summed E-state index contributed by atoms with van der Waals surface area (Å²) in [5.74, 6) is 0.979. The Hall–Kier alpha value is -1.07. The topological polar surface area (TPSA) is 9.23 Å². The number of benzene rings is 1. The van der Waals surface area contributed by atoms with E-state index in [0.29, 0.717) is 0 Å². The maximum Gasteiger partial charge on any atom is 0.126 e. The Balaban J connectivity index is 2.97. The Labute approximate surface area is 93.2 Å². The maximum atomic E-state index is 5.37. The molecule has 2 heteroatoms. The lowest BCUT2D eigenvalue weighted by molar-refractivity contribution is 0.418. The normalized spacial score (nSPS) is 10.0. The van der Waals surface area contributed by atoms with Gasteiger partial charge in [-0.2, -0.15) is 0 Å². The van der Waals surface area contributed by atoms with Gasteiger partial charge in [0.2, 0.25) is 0 Å². The Bertz CT molecular complexity index is 323. The summed E-state index contributed by atoms with van der Waals surface area (Å²) in [5.41, 5.74) is 0. The Morgan fingerprint density at radius 2 is 1.80 bits per heavy atom. The molecule has 0 radical (unpaired) electrons. The summed E-state index contributed by atoms with van der Waals surface area (Å²) < 4.78 is 5.37. The van der Waals surface area contributed by atoms with Crippen LogP contribution < -0.4 is 10.0 Å². The quantitative estimate of drug-likeness (QED) is 0.528. The Kier molecular flexibility index (Phi) is 5.14. The van der Waals surface area contributed by atoms with Gasteiger partial charge in [0, 0.05) is 5.30 Å². The maximum absolute atomic E-state index is 5.37. The lowest BCUT2D eigenvalue weighted by Gasteiger charge is -2.17. The number of ether oxygens (including phenoxy) is 1. The van der Waals surface area contributed by atoms with Crippen molar-refractivity contribution >= 4 is 13.2 Å². The van der Waals surface area contributed by atoms with Crippen molar-refractivity contribution in [3.8, 4) is 5.75 Å². The zero-order chi connectivity index (χ0) is 11.1. The van der Waals surface area contributed by atoms with Crippen molar-refractivity contribution < 1.29 is 4.74 Å². The van der Waals surface area contributed by atoms with E-state index in [1.54, 1.807) is 7.11 Å². The minimum absolute atomic E-state index is 0.244. The van der Waals surface area contributed by atoms with Crippen LogP contribution in [0.4, 0.5) is 0 Å². The molecule has 0 saturated heterocycles. The molecule has 0 heterocycles. The highest BCUT2D eigenvalue weighted by Gasteiger charge is 2.11. The molecule has 1 aromatic carbocycles. The van der Waals surface area contributed by atoms with Crippen LogP contribution in [0.1, 0.15) is 0 Å². The van der Waals surface area contributed by atoms with Crippen LogP contribution in [0.5, 0.6) is 5.75 Å². The highest BCUT2D eigenvalue weighted by molar-refractivity contribution is 7.66. The second-order valence-electron chi connectivity index (χ2n) is 3.15. The summed E-state index contributed by atoms with van der Waals surface area (Å²) in [6.07, 6.45) is 5.98. The first-order chi connectivity index (χ1) is 7.33. The number of para-hydroxylation sites is 1. The van der Waals surface area contributed by atoms with Gasteiger partial charge < -0.3 is 4.74 Å². The highest BCUT2D eigenvalue weighted by atomic mass is 31.1. The van der Waals surface area contributed by atoms with Crippen LogP contribution in [0, 0.1) is 0 Å². The molecule has 0 N–H and O–H groups in total. The summed E-state index contributed by atoms with van der Waals surface area (Å²) in [6, 6.07) is 8.20. The van der Waals surface area contributed by atoms with Crippen LogP contribution in [0.15, 0.2) is 49.6 Å². The molecule has 0 bridgehead atoms. The van der Waals surface area contributed by atoms with E-state index in [-0.39, 0.29) is 7.92 Å². The largest absolute Gasteiger partial charge is 0.496 e. The zero-order valence-corrected chi connectivity index (χ0v) is 10.0. The van der Waals surface area contributed by atoms with Gasteiger partial charge in [-0.05, 0) is 18.4 Å². The summed E-state index contributed by atoms with van der Waals surface area (Å²) in [5, 5.41) is 1.30. The Morgan fingerprint density at radius 3 is 2.33 bits per heavy atom. The van der Waals surface area contributed by atoms with Crippen LogP contribution in [0.25, 0.3) is 0 Å². The molecular weight excluding hydrogens is 203 g/mol. The molecule has 0 aliphatic rings. The predicted molar refractivity (Wildman–Crippen MR) is 69.7 cm³/mol. The third-order valence-corrected chi connectivity index (χ3v) is 4.57. The Morgan fingerprint density at radius 1 is 1.20 bits per heavy atom. The number of allylic oxidation sites excluding steroid dienone is 2. The first-order valence-corrected chi connectivity index (χ1v) is 6.64. The van der Waals surface area contributed by atoms with Crippen molar-refractivity contribution in [2.75, 3.05) is 19.4 Å². The van der Waals surface area contributed by atoms with E-state index in [1.807, 2.05) is 24.3 Å². The van der Waals surface area contributed by atoms with Crippen LogP contribution in [0.2, 0.25) is 0 Å². The smallest absolute Gasteiger partial charge is 0.126 e. The van der Waals surface area contributed by atoms with Gasteiger partial charge in [-0.1, -0.05) is 38.3 Å². The highest BCUT2D eigenvalue weighted by Crippen LogP contribution is 2.37. The van der Waals surface area contributed by atoms with Gasteiger partial charge in [0.1, 0.15) is 5.75 Å². The third-order valence-electron chi connectivity index (χ3n) is 2.12. The molecule has 0 amide bonds. The standard InChI is InChI=1S/C13H17OP/c1-4-10-15(11-5-2)13-9-7-6-8-12(13)14-3/h4-9H,1-2,10-11H2,3H3. The summed E-state index contributed by atoms with van der Waals surface area (Å²) in [4.78, 5) is 0. The fourth-order valence-electron chi connectivity index (χ4n) is 1.47. The van der Waals surface area contributed by atoms with E-state index in [2.05, 4.69) is 25.3 Å². The molecule has 0 aliphatic heterocycles. The van der Waals surface area contributed by atoms with Gasteiger partial charge in [0.25, 0.3) is 0 Å². The van der Waals surface area contributed by atoms with Crippen molar-refractivity contribution in [2.24, 2.45) is 0 Å². The molecule has 1 aromatic rings.